The highest BCUT2D eigenvalue weighted by molar-refractivity contribution is 4.82. The molecule has 4 heteroatoms. The number of hydrogen-bond acceptors (Lipinski definition) is 4. The van der Waals surface area contributed by atoms with Gasteiger partial charge in [0.25, 0.3) is 0 Å². The third-order valence-electron chi connectivity index (χ3n) is 2.92. The van der Waals surface area contributed by atoms with Crippen LogP contribution in [0.4, 0.5) is 0 Å². The maximum absolute atomic E-state index is 10.1. The number of aliphatic hydroxyl groups excluding tert-OH is 1. The van der Waals surface area contributed by atoms with Crippen LogP contribution in [0.15, 0.2) is 25.3 Å². The highest BCUT2D eigenvalue weighted by Gasteiger charge is 2.16. The van der Waals surface area contributed by atoms with E-state index in [1.807, 2.05) is 12.2 Å². The Labute approximate surface area is 105 Å². The Hall–Kier alpha value is -0.680. The summed E-state index contributed by atoms with van der Waals surface area (Å²) in [5.41, 5.74) is 0. The molecule has 0 bridgehead atoms. The molecular formula is C13H25N3O. The maximum Gasteiger partial charge on any atom is 0.0794 e. The first kappa shape index (κ1) is 14.4. The second-order valence-electron chi connectivity index (χ2n) is 4.50. The lowest BCUT2D eigenvalue weighted by Gasteiger charge is -2.31. The Balaban J connectivity index is 2.26. The predicted octanol–water partition coefficient (Wildman–Crippen LogP) is -0.0735. The minimum absolute atomic E-state index is 0.298. The molecule has 1 aliphatic rings. The number of nitrogens with zero attached hydrogens (tertiary/aromatic N) is 2. The molecule has 2 N–H and O–H groups in total. The molecule has 1 fully saturated rings. The van der Waals surface area contributed by atoms with Gasteiger partial charge in [-0.25, -0.2) is 0 Å². The molecule has 0 amide bonds. The molecule has 0 aromatic heterocycles. The second-order valence-corrected chi connectivity index (χ2v) is 4.50. The summed E-state index contributed by atoms with van der Waals surface area (Å²) >= 11 is 0. The van der Waals surface area contributed by atoms with Crippen molar-refractivity contribution in [1.29, 1.82) is 0 Å². The van der Waals surface area contributed by atoms with Crippen LogP contribution in [0.2, 0.25) is 0 Å². The van der Waals surface area contributed by atoms with Gasteiger partial charge in [0.05, 0.1) is 6.10 Å². The highest BCUT2D eigenvalue weighted by atomic mass is 16.3. The Kier molecular flexibility index (Phi) is 7.12. The molecule has 1 saturated heterocycles. The topological polar surface area (TPSA) is 38.7 Å². The van der Waals surface area contributed by atoms with E-state index in [1.54, 1.807) is 0 Å². The van der Waals surface area contributed by atoms with Gasteiger partial charge in [-0.2, -0.15) is 0 Å². The molecule has 98 valence electrons. The quantitative estimate of drug-likeness (QED) is 0.582. The summed E-state index contributed by atoms with van der Waals surface area (Å²) < 4.78 is 0. The summed E-state index contributed by atoms with van der Waals surface area (Å²) in [6, 6.07) is 0. The van der Waals surface area contributed by atoms with E-state index in [0.29, 0.717) is 6.54 Å². The summed E-state index contributed by atoms with van der Waals surface area (Å²) in [5, 5.41) is 13.4. The lowest BCUT2D eigenvalue weighted by molar-refractivity contribution is 0.0762. The molecule has 0 aromatic rings. The first-order valence-corrected chi connectivity index (χ1v) is 6.31. The molecule has 0 radical (unpaired) electrons. The minimum atomic E-state index is -0.298. The van der Waals surface area contributed by atoms with Crippen LogP contribution in [0.5, 0.6) is 0 Å². The highest BCUT2D eigenvalue weighted by Crippen LogP contribution is 1.99. The van der Waals surface area contributed by atoms with Crippen LogP contribution < -0.4 is 5.32 Å². The lowest BCUT2D eigenvalue weighted by atomic mass is 10.2. The monoisotopic (exact) mass is 239 g/mol. The zero-order valence-electron chi connectivity index (χ0n) is 10.6. The smallest absolute Gasteiger partial charge is 0.0794 e. The molecule has 0 saturated carbocycles. The van der Waals surface area contributed by atoms with Crippen molar-refractivity contribution in [2.45, 2.75) is 6.10 Å². The molecule has 0 spiro atoms. The third kappa shape index (κ3) is 5.98. The maximum atomic E-state index is 10.1. The third-order valence-corrected chi connectivity index (χ3v) is 2.92. The average molecular weight is 239 g/mol. The Morgan fingerprint density at radius 3 is 2.35 bits per heavy atom. The molecular weight excluding hydrogens is 214 g/mol. The first-order valence-electron chi connectivity index (χ1n) is 6.31. The molecule has 17 heavy (non-hydrogen) atoms. The summed E-state index contributed by atoms with van der Waals surface area (Å²) in [5.74, 6) is 0. The van der Waals surface area contributed by atoms with Crippen LogP contribution in [-0.2, 0) is 0 Å². The zero-order valence-corrected chi connectivity index (χ0v) is 10.6. The molecule has 1 rings (SSSR count). The molecule has 1 aliphatic heterocycles. The number of nitrogens with one attached hydrogen (secondary N) is 1. The SMILES string of the molecule is C=CCN(CC=C)CC(O)CN1CCNCC1. The number of aliphatic hydroxyl groups is 1. The van der Waals surface area contributed by atoms with Crippen LogP contribution in [0.3, 0.4) is 0 Å². The van der Waals surface area contributed by atoms with Crippen LogP contribution in [-0.4, -0.2) is 73.4 Å². The minimum Gasteiger partial charge on any atom is -0.390 e. The zero-order chi connectivity index (χ0) is 12.5. The van der Waals surface area contributed by atoms with Gasteiger partial charge in [0, 0.05) is 52.4 Å². The number of rotatable bonds is 8. The summed E-state index contributed by atoms with van der Waals surface area (Å²) in [6.07, 6.45) is 3.43. The first-order chi connectivity index (χ1) is 8.26. The summed E-state index contributed by atoms with van der Waals surface area (Å²) in [4.78, 5) is 4.45. The van der Waals surface area contributed by atoms with Crippen molar-refractivity contribution in [2.24, 2.45) is 0 Å². The van der Waals surface area contributed by atoms with Crippen molar-refractivity contribution in [2.75, 3.05) is 52.4 Å². The number of hydrogen-bond donors (Lipinski definition) is 2. The molecule has 1 heterocycles. The van der Waals surface area contributed by atoms with Crippen molar-refractivity contribution in [3.05, 3.63) is 25.3 Å². The van der Waals surface area contributed by atoms with Gasteiger partial charge in [0.2, 0.25) is 0 Å². The van der Waals surface area contributed by atoms with Gasteiger partial charge in [-0.3, -0.25) is 9.80 Å². The summed E-state index contributed by atoms with van der Waals surface area (Å²) in [6.45, 7) is 14.6. The van der Waals surface area contributed by atoms with Crippen LogP contribution in [0.1, 0.15) is 0 Å². The van der Waals surface area contributed by atoms with Crippen LogP contribution in [0.25, 0.3) is 0 Å². The van der Waals surface area contributed by atoms with E-state index in [9.17, 15) is 5.11 Å². The van der Waals surface area contributed by atoms with Crippen LogP contribution >= 0.6 is 0 Å². The predicted molar refractivity (Wildman–Crippen MR) is 72.2 cm³/mol. The molecule has 4 nitrogen and oxygen atoms in total. The van der Waals surface area contributed by atoms with Crippen molar-refractivity contribution >= 4 is 0 Å². The van der Waals surface area contributed by atoms with Crippen molar-refractivity contribution in [1.82, 2.24) is 15.1 Å². The number of β-amino-alcohol motifs (C(OH)–C–C–N with tert-alkyl or cyclic N) is 1. The van der Waals surface area contributed by atoms with Gasteiger partial charge in [0.15, 0.2) is 0 Å². The van der Waals surface area contributed by atoms with Gasteiger partial charge >= 0.3 is 0 Å². The van der Waals surface area contributed by atoms with E-state index in [4.69, 9.17) is 0 Å². The van der Waals surface area contributed by atoms with Gasteiger partial charge in [-0.15, -0.1) is 13.2 Å². The molecule has 1 unspecified atom stereocenters. The van der Waals surface area contributed by atoms with Crippen molar-refractivity contribution in [3.63, 3.8) is 0 Å². The fourth-order valence-electron chi connectivity index (χ4n) is 2.14. The van der Waals surface area contributed by atoms with E-state index >= 15 is 0 Å². The largest absolute Gasteiger partial charge is 0.390 e. The Bertz CT molecular complexity index is 217. The van der Waals surface area contributed by atoms with Gasteiger partial charge < -0.3 is 10.4 Å². The second kappa shape index (κ2) is 8.42. The van der Waals surface area contributed by atoms with Gasteiger partial charge in [-0.05, 0) is 0 Å². The molecule has 0 aromatic carbocycles. The van der Waals surface area contributed by atoms with Crippen molar-refractivity contribution < 1.29 is 5.11 Å². The molecule has 1 atom stereocenters. The van der Waals surface area contributed by atoms with Gasteiger partial charge in [0.1, 0.15) is 0 Å². The van der Waals surface area contributed by atoms with Gasteiger partial charge in [-0.1, -0.05) is 12.2 Å². The Morgan fingerprint density at radius 1 is 1.24 bits per heavy atom. The standard InChI is InChI=1S/C13H25N3O/c1-3-7-15(8-4-2)11-13(17)12-16-9-5-14-6-10-16/h3-4,13-14,17H,1-2,5-12H2. The number of piperazine rings is 1. The van der Waals surface area contributed by atoms with E-state index < -0.39 is 0 Å². The summed E-state index contributed by atoms with van der Waals surface area (Å²) in [7, 11) is 0. The van der Waals surface area contributed by atoms with E-state index in [-0.39, 0.29) is 6.10 Å². The normalized spacial score (nSPS) is 19.2. The average Bonchev–Trinajstić information content (AvgIpc) is 2.30. The lowest BCUT2D eigenvalue weighted by Crippen LogP contribution is -2.48. The molecule has 0 aliphatic carbocycles. The van der Waals surface area contributed by atoms with E-state index in [1.165, 1.54) is 0 Å². The van der Waals surface area contributed by atoms with Crippen LogP contribution in [0, 0.1) is 0 Å². The van der Waals surface area contributed by atoms with E-state index in [0.717, 1.165) is 45.8 Å². The van der Waals surface area contributed by atoms with Crippen molar-refractivity contribution in [3.8, 4) is 0 Å². The fourth-order valence-corrected chi connectivity index (χ4v) is 2.14. The van der Waals surface area contributed by atoms with E-state index in [2.05, 4.69) is 28.3 Å². The Morgan fingerprint density at radius 2 is 1.82 bits per heavy atom. The fraction of sp³-hybridized carbons (Fsp3) is 0.692.